The lowest BCUT2D eigenvalue weighted by Crippen LogP contribution is -2.42. The van der Waals surface area contributed by atoms with Crippen LogP contribution >= 0.6 is 0 Å². The monoisotopic (exact) mass is 480 g/mol. The molecule has 172 valence electrons. The van der Waals surface area contributed by atoms with Gasteiger partial charge in [0.15, 0.2) is 11.6 Å². The van der Waals surface area contributed by atoms with Gasteiger partial charge in [-0.05, 0) is 12.5 Å². The highest BCUT2D eigenvalue weighted by atomic mass is 32.2. The minimum atomic E-state index is -4.76. The summed E-state index contributed by atoms with van der Waals surface area (Å²) in [5, 5.41) is 2.99. The molecule has 0 bridgehead atoms. The fourth-order valence-electron chi connectivity index (χ4n) is 3.73. The number of fused-ring (bicyclic) bond motifs is 2. The van der Waals surface area contributed by atoms with Gasteiger partial charge in [0, 0.05) is 50.7 Å². The molecule has 0 saturated carbocycles. The van der Waals surface area contributed by atoms with Crippen LogP contribution in [0.15, 0.2) is 35.2 Å². The van der Waals surface area contributed by atoms with Crippen molar-refractivity contribution < 1.29 is 35.8 Å². The van der Waals surface area contributed by atoms with Crippen LogP contribution in [-0.2, 0) is 23.4 Å². The van der Waals surface area contributed by atoms with Crippen LogP contribution in [0.3, 0.4) is 0 Å². The van der Waals surface area contributed by atoms with E-state index in [-0.39, 0.29) is 34.5 Å². The minimum Gasteiger partial charge on any atom is -0.397 e. The Morgan fingerprint density at radius 2 is 1.53 bits per heavy atom. The van der Waals surface area contributed by atoms with E-state index in [1.807, 2.05) is 0 Å². The molecule has 0 unspecified atom stereocenters. The summed E-state index contributed by atoms with van der Waals surface area (Å²) in [6.45, 7) is 0.273. The quantitative estimate of drug-likeness (QED) is 0.179. The van der Waals surface area contributed by atoms with Gasteiger partial charge < -0.3 is 24.3 Å². The van der Waals surface area contributed by atoms with Gasteiger partial charge in [0.05, 0.1) is 16.8 Å². The van der Waals surface area contributed by atoms with Crippen molar-refractivity contribution in [3.05, 3.63) is 52.6 Å². The smallest absolute Gasteiger partial charge is 0.397 e. The average molecular weight is 481 g/mol. The Kier molecular flexibility index (Phi) is 6.83. The molecule has 4 N–H and O–H groups in total. The summed E-state index contributed by atoms with van der Waals surface area (Å²) in [4.78, 5) is 25.7. The van der Waals surface area contributed by atoms with Crippen molar-refractivity contribution in [2.75, 3.05) is 38.9 Å². The summed E-state index contributed by atoms with van der Waals surface area (Å²) < 4.78 is 49.6. The van der Waals surface area contributed by atoms with Crippen molar-refractivity contribution in [1.82, 2.24) is 0 Å². The Morgan fingerprint density at radius 1 is 1.00 bits per heavy atom. The van der Waals surface area contributed by atoms with Crippen LogP contribution in [-0.4, -0.2) is 61.2 Å². The van der Waals surface area contributed by atoms with Gasteiger partial charge in [-0.1, -0.05) is 24.3 Å². The molecule has 1 aliphatic rings. The standard InChI is InChI=1S/C20H24N2O8SSi/c1-28-32(29-2,30-3)10-6-9-22-14-11-15(31(25,26)27)18(21)17-16(14)19(23)12-7-4-5-8-13(12)20(17)24/h4-5,7-8,11,22H,6,9-10,21H2,1-3H3,(H,25,26,27). The molecule has 10 nitrogen and oxygen atoms in total. The molecule has 2 aromatic carbocycles. The molecule has 0 radical (unpaired) electrons. The van der Waals surface area contributed by atoms with E-state index in [0.717, 1.165) is 6.07 Å². The third-order valence-electron chi connectivity index (χ3n) is 5.39. The van der Waals surface area contributed by atoms with Crippen molar-refractivity contribution in [2.24, 2.45) is 0 Å². The lowest BCUT2D eigenvalue weighted by molar-refractivity contribution is 0.0980. The Morgan fingerprint density at radius 3 is 2.03 bits per heavy atom. The molecule has 0 saturated heterocycles. The molecular weight excluding hydrogens is 456 g/mol. The zero-order chi connectivity index (χ0) is 23.7. The maximum absolute atomic E-state index is 13.2. The largest absolute Gasteiger partial charge is 0.500 e. The van der Waals surface area contributed by atoms with Crippen LogP contribution in [0.4, 0.5) is 11.4 Å². The van der Waals surface area contributed by atoms with Gasteiger partial charge >= 0.3 is 8.80 Å². The molecule has 1 aliphatic carbocycles. The molecule has 0 fully saturated rings. The number of carbonyl (C=O) groups excluding carboxylic acids is 2. The van der Waals surface area contributed by atoms with Crippen LogP contribution < -0.4 is 11.1 Å². The van der Waals surface area contributed by atoms with Crippen LogP contribution in [0.5, 0.6) is 0 Å². The second-order valence-electron chi connectivity index (χ2n) is 7.09. The SMILES string of the molecule is CO[Si](CCCNc1cc(S(=O)(=O)O)c(N)c2c1C(=O)c1ccccc1C2=O)(OC)OC. The lowest BCUT2D eigenvalue weighted by atomic mass is 9.82. The highest BCUT2D eigenvalue weighted by Gasteiger charge is 2.38. The average Bonchev–Trinajstić information content (AvgIpc) is 2.77. The predicted octanol–water partition coefficient (Wildman–Crippen LogP) is 1.97. The molecule has 0 amide bonds. The highest BCUT2D eigenvalue weighted by molar-refractivity contribution is 7.86. The van der Waals surface area contributed by atoms with E-state index in [1.54, 1.807) is 12.1 Å². The Labute approximate surface area is 186 Å². The number of carbonyl (C=O) groups is 2. The Balaban J connectivity index is 2.03. The van der Waals surface area contributed by atoms with Crippen LogP contribution in [0.1, 0.15) is 38.3 Å². The van der Waals surface area contributed by atoms with Gasteiger partial charge in [0.2, 0.25) is 0 Å². The van der Waals surface area contributed by atoms with Gasteiger partial charge in [0.25, 0.3) is 10.1 Å². The van der Waals surface area contributed by atoms with E-state index >= 15 is 0 Å². The number of hydrogen-bond donors (Lipinski definition) is 3. The number of rotatable bonds is 9. The molecule has 2 aromatic rings. The van der Waals surface area contributed by atoms with Crippen molar-refractivity contribution in [3.63, 3.8) is 0 Å². The van der Waals surface area contributed by atoms with E-state index in [9.17, 15) is 22.6 Å². The molecule has 3 rings (SSSR count). The van der Waals surface area contributed by atoms with Gasteiger partial charge in [-0.25, -0.2) is 0 Å². The molecule has 12 heteroatoms. The van der Waals surface area contributed by atoms with Crippen LogP contribution in [0.2, 0.25) is 6.04 Å². The summed E-state index contributed by atoms with van der Waals surface area (Å²) >= 11 is 0. The maximum Gasteiger partial charge on any atom is 0.500 e. The summed E-state index contributed by atoms with van der Waals surface area (Å²) in [7, 11) is -3.11. The number of ketones is 2. The maximum atomic E-state index is 13.2. The topological polar surface area (TPSA) is 154 Å². The van der Waals surface area contributed by atoms with Gasteiger partial charge in [-0.3, -0.25) is 14.1 Å². The Hall–Kier alpha value is -2.61. The second-order valence-corrected chi connectivity index (χ2v) is 11.6. The van der Waals surface area contributed by atoms with E-state index in [4.69, 9.17) is 19.0 Å². The zero-order valence-electron chi connectivity index (χ0n) is 17.8. The van der Waals surface area contributed by atoms with Gasteiger partial charge in [-0.2, -0.15) is 8.42 Å². The first kappa shape index (κ1) is 24.0. The fraction of sp³-hybridized carbons (Fsp3) is 0.300. The number of nitrogens with two attached hydrogens (primary N) is 1. The number of anilines is 2. The number of benzene rings is 2. The summed E-state index contributed by atoms with van der Waals surface area (Å²) in [6, 6.07) is 7.72. The molecule has 32 heavy (non-hydrogen) atoms. The Bertz CT molecular complexity index is 1170. The van der Waals surface area contributed by atoms with E-state index in [1.165, 1.54) is 33.5 Å². The number of hydrogen-bond acceptors (Lipinski definition) is 9. The minimum absolute atomic E-state index is 0.0349. The van der Waals surface area contributed by atoms with E-state index in [2.05, 4.69) is 5.32 Å². The van der Waals surface area contributed by atoms with Crippen molar-refractivity contribution >= 4 is 41.9 Å². The highest BCUT2D eigenvalue weighted by Crippen LogP contribution is 2.39. The van der Waals surface area contributed by atoms with Gasteiger partial charge in [-0.15, -0.1) is 0 Å². The van der Waals surface area contributed by atoms with Gasteiger partial charge in [0.1, 0.15) is 4.90 Å². The third kappa shape index (κ3) is 4.20. The molecule has 0 spiro atoms. The molecule has 0 aliphatic heterocycles. The fourth-order valence-corrected chi connectivity index (χ4v) is 6.10. The second kappa shape index (κ2) is 9.09. The predicted molar refractivity (Wildman–Crippen MR) is 119 cm³/mol. The zero-order valence-corrected chi connectivity index (χ0v) is 19.6. The van der Waals surface area contributed by atoms with Crippen molar-refractivity contribution in [1.29, 1.82) is 0 Å². The van der Waals surface area contributed by atoms with E-state index in [0.29, 0.717) is 12.5 Å². The van der Waals surface area contributed by atoms with Crippen LogP contribution in [0.25, 0.3) is 0 Å². The molecule has 0 atom stereocenters. The summed E-state index contributed by atoms with van der Waals surface area (Å²) in [6.07, 6.45) is 0.487. The summed E-state index contributed by atoms with van der Waals surface area (Å²) in [5.74, 6) is -1.06. The summed E-state index contributed by atoms with van der Waals surface area (Å²) in [5.41, 5.74) is 5.59. The van der Waals surface area contributed by atoms with Crippen molar-refractivity contribution in [3.8, 4) is 0 Å². The number of nitrogen functional groups attached to an aromatic ring is 1. The molecule has 0 heterocycles. The lowest BCUT2D eigenvalue weighted by Gasteiger charge is -2.25. The third-order valence-corrected chi connectivity index (χ3v) is 9.11. The molecule has 0 aromatic heterocycles. The normalized spacial score (nSPS) is 13.6. The van der Waals surface area contributed by atoms with Crippen LogP contribution in [0, 0.1) is 0 Å². The number of nitrogens with one attached hydrogen (secondary N) is 1. The molecular formula is C20H24N2O8SSi. The first-order chi connectivity index (χ1) is 15.1. The van der Waals surface area contributed by atoms with E-state index < -0.39 is 41.1 Å². The first-order valence-corrected chi connectivity index (χ1v) is 13.0. The van der Waals surface area contributed by atoms with Crippen molar-refractivity contribution in [2.45, 2.75) is 17.4 Å². The first-order valence-electron chi connectivity index (χ1n) is 9.62.